The van der Waals surface area contributed by atoms with Crippen LogP contribution in [0.4, 0.5) is 0 Å². The number of aromatic nitrogens is 4. The lowest BCUT2D eigenvalue weighted by Gasteiger charge is -2.00. The van der Waals surface area contributed by atoms with E-state index < -0.39 is 16.0 Å². The van der Waals surface area contributed by atoms with Gasteiger partial charge in [-0.15, -0.1) is 0 Å². The predicted molar refractivity (Wildman–Crippen MR) is 69.5 cm³/mol. The average molecular weight is 296 g/mol. The van der Waals surface area contributed by atoms with E-state index in [2.05, 4.69) is 19.8 Å². The summed E-state index contributed by atoms with van der Waals surface area (Å²) in [7, 11) is -2.21. The molecule has 2 aromatic rings. The molecular weight excluding hydrogens is 284 g/mol. The van der Waals surface area contributed by atoms with Crippen molar-refractivity contribution in [2.75, 3.05) is 12.9 Å². The number of carbonyl (C=O) groups is 1. The molecule has 0 radical (unpaired) electrons. The van der Waals surface area contributed by atoms with Gasteiger partial charge in [-0.25, -0.2) is 23.2 Å². The fourth-order valence-corrected chi connectivity index (χ4v) is 2.15. The smallest absolute Gasteiger partial charge is 0.356 e. The Hall–Kier alpha value is -2.29. The third-order valence-corrected chi connectivity index (χ3v) is 4.02. The van der Waals surface area contributed by atoms with Gasteiger partial charge >= 0.3 is 5.97 Å². The Bertz CT molecular complexity index is 738. The zero-order valence-electron chi connectivity index (χ0n) is 10.8. The molecule has 20 heavy (non-hydrogen) atoms. The SMILES string of the molecule is CCS(=O)(=O)n1cc(-c2nccc(C(=O)OC)n2)cn1. The summed E-state index contributed by atoms with van der Waals surface area (Å²) in [6, 6.07) is 1.41. The minimum absolute atomic E-state index is 0.0722. The van der Waals surface area contributed by atoms with E-state index in [4.69, 9.17) is 0 Å². The molecule has 0 unspecified atom stereocenters. The molecule has 0 spiro atoms. The van der Waals surface area contributed by atoms with Crippen molar-refractivity contribution < 1.29 is 17.9 Å². The summed E-state index contributed by atoms with van der Waals surface area (Å²) in [5.74, 6) is -0.468. The summed E-state index contributed by atoms with van der Waals surface area (Å²) in [6.07, 6.45) is 4.01. The first-order chi connectivity index (χ1) is 9.47. The van der Waals surface area contributed by atoms with Crippen LogP contribution in [0.5, 0.6) is 0 Å². The molecule has 0 aliphatic heterocycles. The maximum atomic E-state index is 11.7. The largest absolute Gasteiger partial charge is 0.464 e. The van der Waals surface area contributed by atoms with Crippen LogP contribution in [0.2, 0.25) is 0 Å². The molecule has 2 rings (SSSR count). The summed E-state index contributed by atoms with van der Waals surface area (Å²) in [4.78, 5) is 19.4. The highest BCUT2D eigenvalue weighted by Gasteiger charge is 2.15. The standard InChI is InChI=1S/C11H12N4O4S/c1-3-20(17,18)15-7-8(6-13-15)10-12-5-4-9(14-10)11(16)19-2/h4-7H,3H2,1-2H3. The van der Waals surface area contributed by atoms with E-state index in [0.717, 1.165) is 4.09 Å². The highest BCUT2D eigenvalue weighted by Crippen LogP contribution is 2.15. The first-order valence-corrected chi connectivity index (χ1v) is 7.28. The topological polar surface area (TPSA) is 104 Å². The average Bonchev–Trinajstić information content (AvgIpc) is 2.97. The minimum atomic E-state index is -3.46. The lowest BCUT2D eigenvalue weighted by molar-refractivity contribution is 0.0594. The Labute approximate surface area is 115 Å². The Kier molecular flexibility index (Phi) is 3.79. The van der Waals surface area contributed by atoms with Gasteiger partial charge in [-0.1, -0.05) is 0 Å². The van der Waals surface area contributed by atoms with E-state index in [1.54, 1.807) is 0 Å². The van der Waals surface area contributed by atoms with Crippen molar-refractivity contribution >= 4 is 16.0 Å². The van der Waals surface area contributed by atoms with Crippen molar-refractivity contribution in [1.82, 2.24) is 19.2 Å². The molecule has 0 N–H and O–H groups in total. The number of hydrogen-bond acceptors (Lipinski definition) is 7. The monoisotopic (exact) mass is 296 g/mol. The quantitative estimate of drug-likeness (QED) is 0.748. The van der Waals surface area contributed by atoms with Crippen LogP contribution in [0.1, 0.15) is 17.4 Å². The molecule has 0 bridgehead atoms. The van der Waals surface area contributed by atoms with Crippen LogP contribution in [-0.4, -0.2) is 46.4 Å². The molecule has 2 aromatic heterocycles. The number of nitrogens with zero attached hydrogens (tertiary/aromatic N) is 4. The Morgan fingerprint density at radius 2 is 2.20 bits per heavy atom. The van der Waals surface area contributed by atoms with Gasteiger partial charge in [0, 0.05) is 6.20 Å². The molecule has 0 saturated heterocycles. The van der Waals surface area contributed by atoms with Crippen LogP contribution >= 0.6 is 0 Å². The van der Waals surface area contributed by atoms with Gasteiger partial charge in [0.05, 0.1) is 30.8 Å². The van der Waals surface area contributed by atoms with Crippen LogP contribution in [0, 0.1) is 0 Å². The van der Waals surface area contributed by atoms with Gasteiger partial charge < -0.3 is 4.74 Å². The third kappa shape index (κ3) is 2.67. The van der Waals surface area contributed by atoms with Crippen molar-refractivity contribution in [3.8, 4) is 11.4 Å². The first-order valence-electron chi connectivity index (χ1n) is 5.67. The molecule has 106 valence electrons. The molecule has 0 atom stereocenters. The summed E-state index contributed by atoms with van der Waals surface area (Å²) in [6.45, 7) is 1.52. The van der Waals surface area contributed by atoms with Gasteiger partial charge in [-0.2, -0.15) is 9.19 Å². The number of ether oxygens (including phenoxy) is 1. The van der Waals surface area contributed by atoms with Gasteiger partial charge in [0.25, 0.3) is 10.0 Å². The van der Waals surface area contributed by atoms with Crippen molar-refractivity contribution in [3.05, 3.63) is 30.4 Å². The van der Waals surface area contributed by atoms with E-state index in [1.165, 1.54) is 38.7 Å². The zero-order chi connectivity index (χ0) is 14.8. The first kappa shape index (κ1) is 14.1. The maximum Gasteiger partial charge on any atom is 0.356 e. The summed E-state index contributed by atoms with van der Waals surface area (Å²) < 4.78 is 28.7. The third-order valence-electron chi connectivity index (χ3n) is 2.52. The fourth-order valence-electron chi connectivity index (χ4n) is 1.42. The van der Waals surface area contributed by atoms with Crippen LogP contribution in [0.15, 0.2) is 24.7 Å². The van der Waals surface area contributed by atoms with Crippen molar-refractivity contribution in [1.29, 1.82) is 0 Å². The minimum Gasteiger partial charge on any atom is -0.464 e. The van der Waals surface area contributed by atoms with Crippen molar-refractivity contribution in [2.24, 2.45) is 0 Å². The zero-order valence-corrected chi connectivity index (χ0v) is 11.7. The van der Waals surface area contributed by atoms with E-state index in [1.807, 2.05) is 0 Å². The van der Waals surface area contributed by atoms with Gasteiger partial charge in [0.1, 0.15) is 0 Å². The Balaban J connectivity index is 2.41. The summed E-state index contributed by atoms with van der Waals surface area (Å²) in [5.41, 5.74) is 0.483. The Morgan fingerprint density at radius 1 is 1.45 bits per heavy atom. The van der Waals surface area contributed by atoms with Gasteiger partial charge in [-0.3, -0.25) is 0 Å². The van der Waals surface area contributed by atoms with Crippen LogP contribution in [-0.2, 0) is 14.8 Å². The number of rotatable bonds is 4. The van der Waals surface area contributed by atoms with Crippen molar-refractivity contribution in [3.63, 3.8) is 0 Å². The number of esters is 1. The van der Waals surface area contributed by atoms with Crippen LogP contribution in [0.25, 0.3) is 11.4 Å². The summed E-state index contributed by atoms with van der Waals surface area (Å²) >= 11 is 0. The number of carbonyl (C=O) groups excluding carboxylic acids is 1. The second-order valence-corrected chi connectivity index (χ2v) is 5.87. The van der Waals surface area contributed by atoms with E-state index in [9.17, 15) is 13.2 Å². The molecule has 0 fully saturated rings. The molecule has 0 amide bonds. The highest BCUT2D eigenvalue weighted by atomic mass is 32.2. The maximum absolute atomic E-state index is 11.7. The fraction of sp³-hybridized carbons (Fsp3) is 0.273. The normalized spacial score (nSPS) is 11.3. The van der Waals surface area contributed by atoms with Gasteiger partial charge in [0.15, 0.2) is 11.5 Å². The second kappa shape index (κ2) is 5.37. The second-order valence-electron chi connectivity index (χ2n) is 3.76. The predicted octanol–water partition coefficient (Wildman–Crippen LogP) is 0.325. The van der Waals surface area contributed by atoms with Crippen molar-refractivity contribution in [2.45, 2.75) is 6.92 Å². The molecular formula is C11H12N4O4S. The number of methoxy groups -OCH3 is 1. The Morgan fingerprint density at radius 3 is 2.85 bits per heavy atom. The lowest BCUT2D eigenvalue weighted by Crippen LogP contribution is -2.14. The molecule has 8 nitrogen and oxygen atoms in total. The highest BCUT2D eigenvalue weighted by molar-refractivity contribution is 7.89. The molecule has 0 aromatic carbocycles. The van der Waals surface area contributed by atoms with E-state index >= 15 is 0 Å². The number of hydrogen-bond donors (Lipinski definition) is 0. The van der Waals surface area contributed by atoms with Crippen LogP contribution < -0.4 is 0 Å². The van der Waals surface area contributed by atoms with Gasteiger partial charge in [-0.05, 0) is 13.0 Å². The molecule has 0 aliphatic rings. The van der Waals surface area contributed by atoms with Gasteiger partial charge in [0.2, 0.25) is 0 Å². The molecule has 0 saturated carbocycles. The van der Waals surface area contributed by atoms with Crippen LogP contribution in [0.3, 0.4) is 0 Å². The molecule has 2 heterocycles. The summed E-state index contributed by atoms with van der Waals surface area (Å²) in [5, 5.41) is 3.76. The molecule has 0 aliphatic carbocycles. The lowest BCUT2D eigenvalue weighted by atomic mass is 10.3. The van der Waals surface area contributed by atoms with E-state index in [-0.39, 0.29) is 17.3 Å². The van der Waals surface area contributed by atoms with E-state index in [0.29, 0.717) is 5.56 Å². The molecule has 9 heteroatoms.